The second-order valence-electron chi connectivity index (χ2n) is 5.44. The van der Waals surface area contributed by atoms with Crippen LogP contribution in [0.5, 0.6) is 0 Å². The molecule has 1 saturated heterocycles. The summed E-state index contributed by atoms with van der Waals surface area (Å²) in [5, 5.41) is 8.83. The molecule has 18 heavy (non-hydrogen) atoms. The van der Waals surface area contributed by atoms with Crippen molar-refractivity contribution in [2.24, 2.45) is 11.3 Å². The van der Waals surface area contributed by atoms with Gasteiger partial charge in [0, 0.05) is 12.5 Å². The molecule has 1 unspecified atom stereocenters. The fourth-order valence-corrected chi connectivity index (χ4v) is 2.81. The Kier molecular flexibility index (Phi) is 4.22. The predicted octanol–water partition coefficient (Wildman–Crippen LogP) is 0.0185. The van der Waals surface area contributed by atoms with Crippen LogP contribution in [0.3, 0.4) is 0 Å². The van der Waals surface area contributed by atoms with Gasteiger partial charge >= 0.3 is 0 Å². The first-order valence-corrected chi connectivity index (χ1v) is 6.93. The Morgan fingerprint density at radius 2 is 2.00 bits per heavy atom. The first kappa shape index (κ1) is 13.3. The molecule has 0 radical (unpaired) electrons. The molecule has 0 aromatic heterocycles. The topological polar surface area (TPSA) is 70.2 Å². The minimum absolute atomic E-state index is 0.0588. The molecule has 0 aromatic carbocycles. The number of carbonyl (C=O) groups is 2. The zero-order valence-corrected chi connectivity index (χ0v) is 11.1. The van der Waals surface area contributed by atoms with Gasteiger partial charge in [0.1, 0.15) is 0 Å². The Labute approximate surface area is 108 Å². The highest BCUT2D eigenvalue weighted by Gasteiger charge is 2.57. The van der Waals surface area contributed by atoms with E-state index in [9.17, 15) is 9.59 Å². The minimum atomic E-state index is -0.0924. The summed E-state index contributed by atoms with van der Waals surface area (Å²) in [6, 6.07) is 0. The van der Waals surface area contributed by atoms with Gasteiger partial charge in [-0.3, -0.25) is 9.59 Å². The first-order chi connectivity index (χ1) is 8.68. The summed E-state index contributed by atoms with van der Waals surface area (Å²) in [6.07, 6.45) is 4.09. The van der Waals surface area contributed by atoms with Gasteiger partial charge in [-0.2, -0.15) is 0 Å². The smallest absolute Gasteiger partial charge is 0.239 e. The number of hydrogen-bond acceptors (Lipinski definition) is 3. The Hall–Kier alpha value is -1.10. The van der Waals surface area contributed by atoms with Crippen LogP contribution in [0.15, 0.2) is 0 Å². The third kappa shape index (κ3) is 3.02. The van der Waals surface area contributed by atoms with Crippen LogP contribution in [0.2, 0.25) is 0 Å². The molecule has 2 amide bonds. The van der Waals surface area contributed by atoms with Crippen molar-refractivity contribution in [3.05, 3.63) is 0 Å². The van der Waals surface area contributed by atoms with E-state index >= 15 is 0 Å². The summed E-state index contributed by atoms with van der Waals surface area (Å²) >= 11 is 0. The maximum absolute atomic E-state index is 11.9. The summed E-state index contributed by atoms with van der Waals surface area (Å²) in [4.78, 5) is 23.3. The van der Waals surface area contributed by atoms with Crippen molar-refractivity contribution in [1.29, 1.82) is 0 Å². The number of amides is 2. The van der Waals surface area contributed by atoms with Gasteiger partial charge in [-0.15, -0.1) is 0 Å². The minimum Gasteiger partial charge on any atom is -0.355 e. The van der Waals surface area contributed by atoms with Crippen LogP contribution < -0.4 is 16.0 Å². The maximum atomic E-state index is 11.9. The predicted molar refractivity (Wildman–Crippen MR) is 69.0 cm³/mol. The quantitative estimate of drug-likeness (QED) is 0.647. The number of nitrogens with one attached hydrogen (secondary N) is 3. The van der Waals surface area contributed by atoms with Crippen molar-refractivity contribution in [1.82, 2.24) is 16.0 Å². The highest BCUT2D eigenvalue weighted by Crippen LogP contribution is 2.58. The normalized spacial score (nSPS) is 24.6. The molecule has 102 valence electrons. The molecule has 2 fully saturated rings. The van der Waals surface area contributed by atoms with E-state index in [2.05, 4.69) is 16.0 Å². The van der Waals surface area contributed by atoms with Crippen molar-refractivity contribution in [3.8, 4) is 0 Å². The third-order valence-electron chi connectivity index (χ3n) is 4.10. The van der Waals surface area contributed by atoms with E-state index in [0.29, 0.717) is 6.54 Å². The molecular weight excluding hydrogens is 230 g/mol. The Bertz CT molecular complexity index is 324. The lowest BCUT2D eigenvalue weighted by Gasteiger charge is -2.23. The molecule has 0 aromatic rings. The molecular formula is C13H23N3O2. The van der Waals surface area contributed by atoms with Crippen LogP contribution in [-0.4, -0.2) is 38.0 Å². The number of hydrogen-bond donors (Lipinski definition) is 3. The van der Waals surface area contributed by atoms with E-state index in [1.54, 1.807) is 0 Å². The molecule has 0 bridgehead atoms. The van der Waals surface area contributed by atoms with Gasteiger partial charge in [0.15, 0.2) is 0 Å². The highest BCUT2D eigenvalue weighted by atomic mass is 16.2. The van der Waals surface area contributed by atoms with E-state index < -0.39 is 0 Å². The second kappa shape index (κ2) is 5.69. The van der Waals surface area contributed by atoms with Crippen molar-refractivity contribution >= 4 is 11.8 Å². The van der Waals surface area contributed by atoms with E-state index in [0.717, 1.165) is 38.8 Å². The molecule has 2 aliphatic rings. The van der Waals surface area contributed by atoms with Crippen LogP contribution >= 0.6 is 0 Å². The zero-order valence-electron chi connectivity index (χ0n) is 11.1. The van der Waals surface area contributed by atoms with Gasteiger partial charge in [-0.25, -0.2) is 0 Å². The lowest BCUT2D eigenvalue weighted by Crippen LogP contribution is -2.39. The van der Waals surface area contributed by atoms with Crippen molar-refractivity contribution in [2.45, 2.75) is 32.6 Å². The number of carbonyl (C=O) groups excluding carboxylic acids is 2. The number of rotatable bonds is 5. The summed E-state index contributed by atoms with van der Waals surface area (Å²) in [5.74, 6) is 0.104. The van der Waals surface area contributed by atoms with Crippen LogP contribution in [0, 0.1) is 11.3 Å². The van der Waals surface area contributed by atoms with E-state index in [1.165, 1.54) is 0 Å². The van der Waals surface area contributed by atoms with Crippen LogP contribution in [0.25, 0.3) is 0 Å². The fraction of sp³-hybridized carbons (Fsp3) is 0.846. The van der Waals surface area contributed by atoms with Crippen LogP contribution in [0.1, 0.15) is 32.6 Å². The Morgan fingerprint density at radius 1 is 1.28 bits per heavy atom. The van der Waals surface area contributed by atoms with Crippen LogP contribution in [0.4, 0.5) is 0 Å². The molecule has 5 nitrogen and oxygen atoms in total. The average molecular weight is 253 g/mol. The fourth-order valence-electron chi connectivity index (χ4n) is 2.81. The first-order valence-electron chi connectivity index (χ1n) is 6.93. The largest absolute Gasteiger partial charge is 0.355 e. The van der Waals surface area contributed by atoms with Gasteiger partial charge in [-0.1, -0.05) is 6.92 Å². The van der Waals surface area contributed by atoms with Crippen molar-refractivity contribution in [2.75, 3.05) is 26.2 Å². The van der Waals surface area contributed by atoms with Gasteiger partial charge in [0.05, 0.1) is 6.54 Å². The maximum Gasteiger partial charge on any atom is 0.239 e. The zero-order chi connectivity index (χ0) is 13.0. The van der Waals surface area contributed by atoms with Crippen molar-refractivity contribution in [3.63, 3.8) is 0 Å². The lowest BCUT2D eigenvalue weighted by atomic mass is 9.92. The lowest BCUT2D eigenvalue weighted by molar-refractivity contribution is -0.127. The average Bonchev–Trinajstić information content (AvgIpc) is 3.08. The second-order valence-corrected chi connectivity index (χ2v) is 5.44. The standard InChI is InChI=1S/C13H23N3O2/c1-2-5-15-11(17)9-16-12(18)10-8-13(10)3-6-14-7-4-13/h10,14H,2-9H2,1H3,(H,15,17)(H,16,18). The summed E-state index contributed by atoms with van der Waals surface area (Å²) in [7, 11) is 0. The van der Waals surface area contributed by atoms with Crippen molar-refractivity contribution < 1.29 is 9.59 Å². The molecule has 1 aliphatic heterocycles. The summed E-state index contributed by atoms with van der Waals surface area (Å²) in [5.41, 5.74) is 0.245. The van der Waals surface area contributed by atoms with Crippen LogP contribution in [-0.2, 0) is 9.59 Å². The molecule has 2 rings (SSSR count). The Morgan fingerprint density at radius 3 is 2.67 bits per heavy atom. The van der Waals surface area contributed by atoms with Gasteiger partial charge in [0.25, 0.3) is 0 Å². The Balaban J connectivity index is 1.68. The molecule has 1 saturated carbocycles. The van der Waals surface area contributed by atoms with E-state index in [-0.39, 0.29) is 29.7 Å². The van der Waals surface area contributed by atoms with Gasteiger partial charge in [0.2, 0.25) is 11.8 Å². The third-order valence-corrected chi connectivity index (χ3v) is 4.10. The van der Waals surface area contributed by atoms with E-state index in [1.807, 2.05) is 6.92 Å². The van der Waals surface area contributed by atoms with Gasteiger partial charge in [-0.05, 0) is 44.2 Å². The molecule has 1 spiro atoms. The van der Waals surface area contributed by atoms with E-state index in [4.69, 9.17) is 0 Å². The molecule has 1 atom stereocenters. The summed E-state index contributed by atoms with van der Waals surface area (Å²) in [6.45, 7) is 4.82. The number of piperidine rings is 1. The monoisotopic (exact) mass is 253 g/mol. The molecule has 3 N–H and O–H groups in total. The van der Waals surface area contributed by atoms with Gasteiger partial charge < -0.3 is 16.0 Å². The highest BCUT2D eigenvalue weighted by molar-refractivity contribution is 5.87. The molecule has 1 aliphatic carbocycles. The SMILES string of the molecule is CCCNC(=O)CNC(=O)C1CC12CCNCC2. The molecule has 5 heteroatoms. The molecule has 1 heterocycles. The summed E-state index contributed by atoms with van der Waals surface area (Å²) < 4.78 is 0.